The lowest BCUT2D eigenvalue weighted by atomic mass is 10.2. The second kappa shape index (κ2) is 6.38. The summed E-state index contributed by atoms with van der Waals surface area (Å²) in [7, 11) is -4.31. The van der Waals surface area contributed by atoms with Crippen molar-refractivity contribution in [3.63, 3.8) is 0 Å². The molecule has 2 rings (SSSR count). The van der Waals surface area contributed by atoms with Crippen LogP contribution < -0.4 is 9.88 Å². The molecule has 0 aliphatic heterocycles. The van der Waals surface area contributed by atoms with Crippen LogP contribution in [0.1, 0.15) is 15.9 Å². The summed E-state index contributed by atoms with van der Waals surface area (Å²) in [6, 6.07) is 15.5. The Morgan fingerprint density at radius 3 is 2.19 bits per heavy atom. The standard InChI is InChI=1S/C14H13NO5S/c15-21(17,18)20-14(16)12-6-8-13(9-7-12)19-10-11-4-2-1-3-5-11/h1-9H,10H2,(H2,15,17,18). The van der Waals surface area contributed by atoms with E-state index in [0.29, 0.717) is 12.4 Å². The molecule has 0 spiro atoms. The Morgan fingerprint density at radius 1 is 1.00 bits per heavy atom. The summed E-state index contributed by atoms with van der Waals surface area (Å²) in [5.41, 5.74) is 1.08. The molecule has 110 valence electrons. The summed E-state index contributed by atoms with van der Waals surface area (Å²) in [6.45, 7) is 0.391. The lowest BCUT2D eigenvalue weighted by Gasteiger charge is -2.07. The molecule has 6 nitrogen and oxygen atoms in total. The van der Waals surface area contributed by atoms with E-state index in [1.54, 1.807) is 12.1 Å². The SMILES string of the molecule is NS(=O)(=O)OC(=O)c1ccc(OCc2ccccc2)cc1. The fourth-order valence-corrected chi connectivity index (χ4v) is 1.89. The van der Waals surface area contributed by atoms with Crippen LogP contribution in [0.15, 0.2) is 54.6 Å². The third-order valence-electron chi connectivity index (χ3n) is 2.53. The van der Waals surface area contributed by atoms with Crippen molar-refractivity contribution in [2.45, 2.75) is 6.61 Å². The summed E-state index contributed by atoms with van der Waals surface area (Å²) >= 11 is 0. The van der Waals surface area contributed by atoms with E-state index in [-0.39, 0.29) is 5.56 Å². The monoisotopic (exact) mass is 307 g/mol. The molecule has 0 atom stereocenters. The highest BCUT2D eigenvalue weighted by atomic mass is 32.2. The maximum atomic E-state index is 11.4. The third kappa shape index (κ3) is 4.90. The normalized spacial score (nSPS) is 10.9. The third-order valence-corrected chi connectivity index (χ3v) is 2.91. The van der Waals surface area contributed by atoms with Crippen molar-refractivity contribution in [2.24, 2.45) is 5.14 Å². The Balaban J connectivity index is 1.97. The molecule has 2 N–H and O–H groups in total. The van der Waals surface area contributed by atoms with Gasteiger partial charge in [-0.2, -0.15) is 13.6 Å². The summed E-state index contributed by atoms with van der Waals surface area (Å²) in [5.74, 6) is -0.488. The predicted molar refractivity (Wildman–Crippen MR) is 75.7 cm³/mol. The van der Waals surface area contributed by atoms with Crippen LogP contribution in [0.4, 0.5) is 0 Å². The quantitative estimate of drug-likeness (QED) is 0.905. The van der Waals surface area contributed by atoms with E-state index < -0.39 is 16.3 Å². The molecule has 0 aliphatic carbocycles. The van der Waals surface area contributed by atoms with E-state index >= 15 is 0 Å². The molecule has 0 unspecified atom stereocenters. The smallest absolute Gasteiger partial charge is 0.382 e. The number of rotatable bonds is 5. The zero-order valence-corrected chi connectivity index (χ0v) is 11.7. The zero-order valence-electron chi connectivity index (χ0n) is 10.9. The lowest BCUT2D eigenvalue weighted by molar-refractivity contribution is 0.0747. The maximum Gasteiger partial charge on any atom is 0.382 e. The van der Waals surface area contributed by atoms with Gasteiger partial charge in [-0.3, -0.25) is 0 Å². The van der Waals surface area contributed by atoms with Gasteiger partial charge in [-0.05, 0) is 29.8 Å². The van der Waals surface area contributed by atoms with Crippen molar-refractivity contribution in [3.05, 3.63) is 65.7 Å². The van der Waals surface area contributed by atoms with Crippen molar-refractivity contribution < 1.29 is 22.1 Å². The highest BCUT2D eigenvalue weighted by molar-refractivity contribution is 7.84. The number of hydrogen-bond acceptors (Lipinski definition) is 5. The van der Waals surface area contributed by atoms with Crippen molar-refractivity contribution in [3.8, 4) is 5.75 Å². The van der Waals surface area contributed by atoms with Gasteiger partial charge in [0.25, 0.3) is 0 Å². The van der Waals surface area contributed by atoms with Gasteiger partial charge in [-0.25, -0.2) is 4.79 Å². The van der Waals surface area contributed by atoms with Gasteiger partial charge in [0.15, 0.2) is 0 Å². The topological polar surface area (TPSA) is 95.7 Å². The molecule has 0 aromatic heterocycles. The zero-order chi connectivity index (χ0) is 15.3. The van der Waals surface area contributed by atoms with Crippen LogP contribution in [0.25, 0.3) is 0 Å². The van der Waals surface area contributed by atoms with Gasteiger partial charge in [0.2, 0.25) is 0 Å². The molecule has 7 heteroatoms. The molecule has 0 aliphatic rings. The van der Waals surface area contributed by atoms with Gasteiger partial charge < -0.3 is 8.92 Å². The Bertz CT molecular complexity index is 711. The number of carbonyl (C=O) groups is 1. The van der Waals surface area contributed by atoms with E-state index in [9.17, 15) is 13.2 Å². The van der Waals surface area contributed by atoms with Crippen LogP contribution >= 0.6 is 0 Å². The van der Waals surface area contributed by atoms with Crippen LogP contribution in [-0.2, 0) is 21.1 Å². The molecule has 2 aromatic carbocycles. The molecule has 2 aromatic rings. The van der Waals surface area contributed by atoms with E-state index in [0.717, 1.165) is 5.56 Å². The van der Waals surface area contributed by atoms with Gasteiger partial charge in [-0.1, -0.05) is 30.3 Å². The average molecular weight is 307 g/mol. The molecule has 0 bridgehead atoms. The molecule has 21 heavy (non-hydrogen) atoms. The van der Waals surface area contributed by atoms with E-state index in [1.165, 1.54) is 12.1 Å². The number of hydrogen-bond donors (Lipinski definition) is 1. The van der Waals surface area contributed by atoms with E-state index in [2.05, 4.69) is 9.32 Å². The molecule has 0 saturated heterocycles. The maximum absolute atomic E-state index is 11.4. The average Bonchev–Trinajstić information content (AvgIpc) is 2.45. The van der Waals surface area contributed by atoms with E-state index in [4.69, 9.17) is 4.74 Å². The van der Waals surface area contributed by atoms with E-state index in [1.807, 2.05) is 30.3 Å². The lowest BCUT2D eigenvalue weighted by Crippen LogP contribution is -2.20. The first-order valence-corrected chi connectivity index (χ1v) is 7.44. The first-order chi connectivity index (χ1) is 9.94. The summed E-state index contributed by atoms with van der Waals surface area (Å²) in [5, 5.41) is 4.62. The molecule has 0 radical (unpaired) electrons. The van der Waals surface area contributed by atoms with Crippen LogP contribution in [0, 0.1) is 0 Å². The van der Waals surface area contributed by atoms with Gasteiger partial charge >= 0.3 is 16.3 Å². The Hall–Kier alpha value is -2.38. The molecule has 0 saturated carbocycles. The minimum atomic E-state index is -4.31. The van der Waals surface area contributed by atoms with Gasteiger partial charge in [0, 0.05) is 0 Å². The second-order valence-electron chi connectivity index (χ2n) is 4.16. The Morgan fingerprint density at radius 2 is 1.62 bits per heavy atom. The molecule has 0 heterocycles. The molecule has 0 amide bonds. The fraction of sp³-hybridized carbons (Fsp3) is 0.0714. The highest BCUT2D eigenvalue weighted by Crippen LogP contribution is 2.15. The van der Waals surface area contributed by atoms with Crippen molar-refractivity contribution in [2.75, 3.05) is 0 Å². The molecular weight excluding hydrogens is 294 g/mol. The summed E-state index contributed by atoms with van der Waals surface area (Å²) < 4.78 is 30.9. The van der Waals surface area contributed by atoms with Crippen molar-refractivity contribution >= 4 is 16.3 Å². The number of ether oxygens (including phenoxy) is 1. The van der Waals surface area contributed by atoms with Crippen molar-refractivity contribution in [1.82, 2.24) is 0 Å². The van der Waals surface area contributed by atoms with Gasteiger partial charge in [0.1, 0.15) is 12.4 Å². The number of nitrogens with two attached hydrogens (primary N) is 1. The van der Waals surface area contributed by atoms with Gasteiger partial charge in [-0.15, -0.1) is 0 Å². The largest absolute Gasteiger partial charge is 0.489 e. The second-order valence-corrected chi connectivity index (χ2v) is 5.31. The first-order valence-electron chi connectivity index (χ1n) is 5.97. The number of carbonyl (C=O) groups excluding carboxylic acids is 1. The van der Waals surface area contributed by atoms with Crippen LogP contribution in [0.2, 0.25) is 0 Å². The van der Waals surface area contributed by atoms with Crippen molar-refractivity contribution in [1.29, 1.82) is 0 Å². The first kappa shape index (κ1) is 15.0. The van der Waals surface area contributed by atoms with Crippen LogP contribution in [0.3, 0.4) is 0 Å². The summed E-state index contributed by atoms with van der Waals surface area (Å²) in [4.78, 5) is 11.4. The van der Waals surface area contributed by atoms with Crippen LogP contribution in [-0.4, -0.2) is 14.4 Å². The Kier molecular flexibility index (Phi) is 4.56. The fourth-order valence-electron chi connectivity index (χ4n) is 1.58. The Labute approximate surface area is 122 Å². The predicted octanol–water partition coefficient (Wildman–Crippen LogP) is 1.63. The van der Waals surface area contributed by atoms with Gasteiger partial charge in [0.05, 0.1) is 5.56 Å². The highest BCUT2D eigenvalue weighted by Gasteiger charge is 2.14. The molecule has 0 fully saturated rings. The minimum Gasteiger partial charge on any atom is -0.489 e. The summed E-state index contributed by atoms with van der Waals surface area (Å²) in [6.07, 6.45) is 0. The minimum absolute atomic E-state index is 0.0658. The molecular formula is C14H13NO5S. The number of benzene rings is 2. The van der Waals surface area contributed by atoms with Crippen LogP contribution in [0.5, 0.6) is 5.75 Å².